The summed E-state index contributed by atoms with van der Waals surface area (Å²) in [7, 11) is 1.45. The fourth-order valence-corrected chi connectivity index (χ4v) is 3.28. The molecule has 1 aliphatic heterocycles. The van der Waals surface area contributed by atoms with Crippen LogP contribution in [0.15, 0.2) is 24.3 Å². The minimum atomic E-state index is -0.259. The van der Waals surface area contributed by atoms with E-state index in [2.05, 4.69) is 36.3 Å². The van der Waals surface area contributed by atoms with Gasteiger partial charge in [0.25, 0.3) is 0 Å². The zero-order valence-corrected chi connectivity index (χ0v) is 12.8. The van der Waals surface area contributed by atoms with Crippen molar-refractivity contribution in [1.82, 2.24) is 10.3 Å². The molecule has 21 heavy (non-hydrogen) atoms. The van der Waals surface area contributed by atoms with Gasteiger partial charge in [0.15, 0.2) is 0 Å². The highest BCUT2D eigenvalue weighted by atomic mass is 16.5. The predicted molar refractivity (Wildman–Crippen MR) is 83.1 cm³/mol. The fourth-order valence-electron chi connectivity index (χ4n) is 3.28. The molecule has 2 heterocycles. The number of esters is 1. The van der Waals surface area contributed by atoms with Crippen molar-refractivity contribution in [2.75, 3.05) is 7.11 Å². The van der Waals surface area contributed by atoms with Gasteiger partial charge in [0.2, 0.25) is 0 Å². The molecule has 4 nitrogen and oxygen atoms in total. The molecule has 0 saturated carbocycles. The molecule has 0 amide bonds. The van der Waals surface area contributed by atoms with Crippen molar-refractivity contribution in [2.24, 2.45) is 5.92 Å². The average Bonchev–Trinajstić information content (AvgIpc) is 2.85. The summed E-state index contributed by atoms with van der Waals surface area (Å²) in [6.07, 6.45) is 1.67. The molecular weight excluding hydrogens is 264 g/mol. The summed E-state index contributed by atoms with van der Waals surface area (Å²) in [5.74, 6) is 0.373. The number of ether oxygens (including phenoxy) is 1. The van der Waals surface area contributed by atoms with E-state index < -0.39 is 0 Å². The standard InChI is InChI=1S/C17H22N2O2/c1-10(2)8-14-16-12(9-15(18-14)17(20)21-3)11-6-4-5-7-13(11)19-16/h4-7,10,14-15,18-19H,8-9H2,1-3H3/t14-,15-/m0/s1. The van der Waals surface area contributed by atoms with E-state index in [1.54, 1.807) is 0 Å². The Labute approximate surface area is 124 Å². The summed E-state index contributed by atoms with van der Waals surface area (Å²) >= 11 is 0. The third kappa shape index (κ3) is 2.56. The van der Waals surface area contributed by atoms with Gasteiger partial charge in [0, 0.05) is 29.1 Å². The first kappa shape index (κ1) is 14.1. The summed E-state index contributed by atoms with van der Waals surface area (Å²) in [5, 5.41) is 4.67. The third-order valence-corrected chi connectivity index (χ3v) is 4.20. The Morgan fingerprint density at radius 1 is 1.38 bits per heavy atom. The molecule has 112 valence electrons. The van der Waals surface area contributed by atoms with Gasteiger partial charge in [-0.15, -0.1) is 0 Å². The number of carbonyl (C=O) groups is 1. The van der Waals surface area contributed by atoms with Gasteiger partial charge in [-0.05, 0) is 24.0 Å². The second kappa shape index (κ2) is 5.53. The van der Waals surface area contributed by atoms with Crippen LogP contribution in [-0.4, -0.2) is 24.1 Å². The first-order chi connectivity index (χ1) is 10.1. The van der Waals surface area contributed by atoms with Gasteiger partial charge in [0.05, 0.1) is 7.11 Å². The lowest BCUT2D eigenvalue weighted by molar-refractivity contribution is -0.143. The summed E-state index contributed by atoms with van der Waals surface area (Å²) in [4.78, 5) is 15.5. The van der Waals surface area contributed by atoms with Crippen LogP contribution in [-0.2, 0) is 16.0 Å². The molecule has 4 heteroatoms. The Bertz CT molecular complexity index is 660. The number of H-pyrrole nitrogens is 1. The highest BCUT2D eigenvalue weighted by Gasteiger charge is 2.33. The van der Waals surface area contributed by atoms with Crippen LogP contribution in [0.1, 0.15) is 37.6 Å². The Kier molecular flexibility index (Phi) is 3.72. The van der Waals surface area contributed by atoms with Gasteiger partial charge in [-0.2, -0.15) is 0 Å². The number of nitrogens with one attached hydrogen (secondary N) is 2. The van der Waals surface area contributed by atoms with Crippen LogP contribution < -0.4 is 5.32 Å². The zero-order valence-electron chi connectivity index (χ0n) is 12.8. The largest absolute Gasteiger partial charge is 0.468 e. The van der Waals surface area contributed by atoms with Gasteiger partial charge in [-0.3, -0.25) is 10.1 Å². The van der Waals surface area contributed by atoms with Crippen molar-refractivity contribution in [1.29, 1.82) is 0 Å². The molecule has 0 bridgehead atoms. The minimum Gasteiger partial charge on any atom is -0.468 e. The van der Waals surface area contributed by atoms with E-state index in [-0.39, 0.29) is 18.1 Å². The van der Waals surface area contributed by atoms with Crippen LogP contribution in [0, 0.1) is 5.92 Å². The molecule has 1 aromatic carbocycles. The minimum absolute atomic E-state index is 0.172. The van der Waals surface area contributed by atoms with Crippen LogP contribution >= 0.6 is 0 Å². The van der Waals surface area contributed by atoms with Crippen molar-refractivity contribution in [3.63, 3.8) is 0 Å². The molecule has 0 spiro atoms. The summed E-state index contributed by atoms with van der Waals surface area (Å²) in [6, 6.07) is 8.20. The summed E-state index contributed by atoms with van der Waals surface area (Å²) in [5.41, 5.74) is 3.62. The van der Waals surface area contributed by atoms with Gasteiger partial charge in [-0.1, -0.05) is 32.0 Å². The number of hydrogen-bond acceptors (Lipinski definition) is 3. The number of aromatic amines is 1. The maximum Gasteiger partial charge on any atom is 0.323 e. The lowest BCUT2D eigenvalue weighted by Gasteiger charge is -2.31. The average molecular weight is 286 g/mol. The number of rotatable bonds is 3. The van der Waals surface area contributed by atoms with Crippen LogP contribution in [0.25, 0.3) is 10.9 Å². The van der Waals surface area contributed by atoms with Crippen LogP contribution in [0.3, 0.4) is 0 Å². The number of fused-ring (bicyclic) bond motifs is 3. The van der Waals surface area contributed by atoms with E-state index in [1.807, 2.05) is 12.1 Å². The van der Waals surface area contributed by atoms with Gasteiger partial charge >= 0.3 is 5.97 Å². The second-order valence-electron chi connectivity index (χ2n) is 6.19. The fraction of sp³-hybridized carbons (Fsp3) is 0.471. The molecule has 1 aromatic heterocycles. The number of aromatic nitrogens is 1. The first-order valence-electron chi connectivity index (χ1n) is 7.53. The highest BCUT2D eigenvalue weighted by molar-refractivity contribution is 5.87. The van der Waals surface area contributed by atoms with Crippen LogP contribution in [0.5, 0.6) is 0 Å². The maximum atomic E-state index is 12.0. The van der Waals surface area contributed by atoms with Crippen molar-refractivity contribution in [2.45, 2.75) is 38.8 Å². The van der Waals surface area contributed by atoms with Crippen LogP contribution in [0.4, 0.5) is 0 Å². The van der Waals surface area contributed by atoms with Gasteiger partial charge in [0.1, 0.15) is 6.04 Å². The van der Waals surface area contributed by atoms with E-state index in [0.717, 1.165) is 11.9 Å². The molecule has 0 saturated heterocycles. The van der Waals surface area contributed by atoms with E-state index in [9.17, 15) is 4.79 Å². The van der Waals surface area contributed by atoms with Crippen molar-refractivity contribution < 1.29 is 9.53 Å². The first-order valence-corrected chi connectivity index (χ1v) is 7.53. The topological polar surface area (TPSA) is 54.1 Å². The Morgan fingerprint density at radius 3 is 2.86 bits per heavy atom. The highest BCUT2D eigenvalue weighted by Crippen LogP contribution is 2.34. The number of carbonyl (C=O) groups excluding carboxylic acids is 1. The van der Waals surface area contributed by atoms with Crippen molar-refractivity contribution >= 4 is 16.9 Å². The molecule has 0 radical (unpaired) electrons. The molecule has 2 aromatic rings. The van der Waals surface area contributed by atoms with E-state index in [4.69, 9.17) is 4.74 Å². The Morgan fingerprint density at radius 2 is 2.14 bits per heavy atom. The molecule has 0 fully saturated rings. The van der Waals surface area contributed by atoms with Crippen molar-refractivity contribution in [3.05, 3.63) is 35.5 Å². The Hall–Kier alpha value is -1.81. The SMILES string of the molecule is COC(=O)[C@@H]1Cc2c([nH]c3ccccc23)[C@H](CC(C)C)N1. The second-order valence-corrected chi connectivity index (χ2v) is 6.19. The third-order valence-electron chi connectivity index (χ3n) is 4.20. The smallest absolute Gasteiger partial charge is 0.323 e. The van der Waals surface area contributed by atoms with Crippen LogP contribution in [0.2, 0.25) is 0 Å². The number of benzene rings is 1. The number of methoxy groups -OCH3 is 1. The molecular formula is C17H22N2O2. The molecule has 3 rings (SSSR count). The van der Waals surface area contributed by atoms with Gasteiger partial charge in [-0.25, -0.2) is 0 Å². The Balaban J connectivity index is 2.05. The molecule has 0 aliphatic carbocycles. The summed E-state index contributed by atoms with van der Waals surface area (Å²) < 4.78 is 4.94. The van der Waals surface area contributed by atoms with Crippen molar-refractivity contribution in [3.8, 4) is 0 Å². The lowest BCUT2D eigenvalue weighted by atomic mass is 9.90. The molecule has 2 atom stereocenters. The predicted octanol–water partition coefficient (Wildman–Crippen LogP) is 2.94. The monoisotopic (exact) mass is 286 g/mol. The quantitative estimate of drug-likeness (QED) is 0.853. The van der Waals surface area contributed by atoms with Gasteiger partial charge < -0.3 is 9.72 Å². The summed E-state index contributed by atoms with van der Waals surface area (Å²) in [6.45, 7) is 4.40. The lowest BCUT2D eigenvalue weighted by Crippen LogP contribution is -2.45. The molecule has 0 unspecified atom stereocenters. The van der Waals surface area contributed by atoms with E-state index in [0.29, 0.717) is 12.3 Å². The van der Waals surface area contributed by atoms with E-state index >= 15 is 0 Å². The van der Waals surface area contributed by atoms with E-state index in [1.165, 1.54) is 23.8 Å². The number of hydrogen-bond donors (Lipinski definition) is 2. The zero-order chi connectivity index (χ0) is 15.0. The normalized spacial score (nSPS) is 21.5. The molecule has 1 aliphatic rings. The maximum absolute atomic E-state index is 12.0. The number of para-hydroxylation sites is 1. The molecule has 2 N–H and O–H groups in total.